The van der Waals surface area contributed by atoms with Crippen LogP contribution in [-0.4, -0.2) is 11.5 Å². The first-order chi connectivity index (χ1) is 8.74. The standard InChI is InChI=1S/C13H14BrClN2O/c1-2-6-16-7-11-13(18-8-17-11)9-4-3-5-10(14)12(9)15/h3-5,8,16H,2,6-7H2,1H3. The quantitative estimate of drug-likeness (QED) is 0.833. The van der Waals surface area contributed by atoms with E-state index in [0.717, 1.165) is 34.5 Å². The van der Waals surface area contributed by atoms with Crippen LogP contribution >= 0.6 is 27.5 Å². The highest BCUT2D eigenvalue weighted by molar-refractivity contribution is 9.10. The second kappa shape index (κ2) is 6.36. The number of halogens is 2. The average Bonchev–Trinajstić information content (AvgIpc) is 2.81. The number of hydrogen-bond acceptors (Lipinski definition) is 3. The molecule has 0 bridgehead atoms. The molecule has 0 saturated heterocycles. The largest absolute Gasteiger partial charge is 0.443 e. The van der Waals surface area contributed by atoms with Crippen molar-refractivity contribution >= 4 is 27.5 Å². The Morgan fingerprint density at radius 2 is 2.28 bits per heavy atom. The fourth-order valence-electron chi connectivity index (χ4n) is 1.68. The number of aromatic nitrogens is 1. The van der Waals surface area contributed by atoms with Gasteiger partial charge in [0.05, 0.1) is 5.02 Å². The minimum absolute atomic E-state index is 0.644. The molecule has 96 valence electrons. The summed E-state index contributed by atoms with van der Waals surface area (Å²) in [7, 11) is 0. The van der Waals surface area contributed by atoms with E-state index in [-0.39, 0.29) is 0 Å². The van der Waals surface area contributed by atoms with E-state index >= 15 is 0 Å². The van der Waals surface area contributed by atoms with E-state index in [4.69, 9.17) is 16.0 Å². The van der Waals surface area contributed by atoms with E-state index in [1.54, 1.807) is 0 Å². The predicted octanol–water partition coefficient (Wildman–Crippen LogP) is 4.26. The highest BCUT2D eigenvalue weighted by Crippen LogP contribution is 2.35. The Kier molecular flexibility index (Phi) is 4.80. The zero-order valence-corrected chi connectivity index (χ0v) is 12.4. The van der Waals surface area contributed by atoms with E-state index in [1.165, 1.54) is 6.39 Å². The lowest BCUT2D eigenvalue weighted by atomic mass is 10.1. The summed E-state index contributed by atoms with van der Waals surface area (Å²) in [6.07, 6.45) is 2.54. The van der Waals surface area contributed by atoms with Gasteiger partial charge in [-0.05, 0) is 41.0 Å². The molecule has 0 unspecified atom stereocenters. The van der Waals surface area contributed by atoms with Gasteiger partial charge in [-0.25, -0.2) is 4.98 Å². The van der Waals surface area contributed by atoms with E-state index in [2.05, 4.69) is 33.2 Å². The van der Waals surface area contributed by atoms with Crippen molar-refractivity contribution in [1.29, 1.82) is 0 Å². The zero-order valence-electron chi connectivity index (χ0n) is 10.0. The minimum atomic E-state index is 0.644. The van der Waals surface area contributed by atoms with Gasteiger partial charge in [-0.2, -0.15) is 0 Å². The molecule has 0 aliphatic heterocycles. The van der Waals surface area contributed by atoms with Crippen LogP contribution in [-0.2, 0) is 6.54 Å². The van der Waals surface area contributed by atoms with Gasteiger partial charge >= 0.3 is 0 Å². The van der Waals surface area contributed by atoms with Crippen molar-refractivity contribution in [3.05, 3.63) is 39.8 Å². The summed E-state index contributed by atoms with van der Waals surface area (Å²) >= 11 is 9.67. The molecular weight excluding hydrogens is 316 g/mol. The highest BCUT2D eigenvalue weighted by Gasteiger charge is 2.14. The second-order valence-corrected chi connectivity index (χ2v) is 5.14. The molecule has 0 aliphatic rings. The Labute approximate surface area is 120 Å². The molecule has 0 spiro atoms. The van der Waals surface area contributed by atoms with Gasteiger partial charge in [0, 0.05) is 16.6 Å². The Morgan fingerprint density at radius 3 is 3.06 bits per heavy atom. The summed E-state index contributed by atoms with van der Waals surface area (Å²) in [6, 6.07) is 5.76. The van der Waals surface area contributed by atoms with Crippen molar-refractivity contribution in [2.75, 3.05) is 6.54 Å². The molecule has 0 radical (unpaired) electrons. The molecule has 0 atom stereocenters. The first-order valence-electron chi connectivity index (χ1n) is 5.81. The van der Waals surface area contributed by atoms with E-state index in [9.17, 15) is 0 Å². The Bertz CT molecular complexity index is 527. The van der Waals surface area contributed by atoms with Gasteiger partial charge < -0.3 is 9.73 Å². The smallest absolute Gasteiger partial charge is 0.181 e. The maximum atomic E-state index is 6.26. The summed E-state index contributed by atoms with van der Waals surface area (Å²) in [4.78, 5) is 4.23. The average molecular weight is 330 g/mol. The van der Waals surface area contributed by atoms with Crippen molar-refractivity contribution in [1.82, 2.24) is 10.3 Å². The number of benzene rings is 1. The maximum absolute atomic E-state index is 6.26. The summed E-state index contributed by atoms with van der Waals surface area (Å²) < 4.78 is 6.31. The highest BCUT2D eigenvalue weighted by atomic mass is 79.9. The lowest BCUT2D eigenvalue weighted by Crippen LogP contribution is -2.14. The summed E-state index contributed by atoms with van der Waals surface area (Å²) in [5.41, 5.74) is 1.74. The minimum Gasteiger partial charge on any atom is -0.443 e. The van der Waals surface area contributed by atoms with E-state index in [0.29, 0.717) is 11.6 Å². The van der Waals surface area contributed by atoms with Gasteiger partial charge in [-0.3, -0.25) is 0 Å². The van der Waals surface area contributed by atoms with Gasteiger partial charge in [0.2, 0.25) is 0 Å². The molecule has 0 saturated carbocycles. The maximum Gasteiger partial charge on any atom is 0.181 e. The molecule has 1 aromatic carbocycles. The summed E-state index contributed by atoms with van der Waals surface area (Å²) in [5, 5.41) is 3.95. The molecule has 0 amide bonds. The first kappa shape index (κ1) is 13.6. The second-order valence-electron chi connectivity index (χ2n) is 3.91. The van der Waals surface area contributed by atoms with Crippen LogP contribution < -0.4 is 5.32 Å². The summed E-state index contributed by atoms with van der Waals surface area (Å²) in [6.45, 7) is 3.77. The lowest BCUT2D eigenvalue weighted by molar-refractivity contribution is 0.569. The van der Waals surface area contributed by atoms with Crippen molar-refractivity contribution in [2.24, 2.45) is 0 Å². The molecule has 2 aromatic rings. The molecule has 3 nitrogen and oxygen atoms in total. The van der Waals surface area contributed by atoms with Crippen LogP contribution in [0.5, 0.6) is 0 Å². The summed E-state index contributed by atoms with van der Waals surface area (Å²) in [5.74, 6) is 0.727. The van der Waals surface area contributed by atoms with Crippen LogP contribution in [0.3, 0.4) is 0 Å². The third kappa shape index (κ3) is 2.94. The normalized spacial score (nSPS) is 10.8. The fraction of sp³-hybridized carbons (Fsp3) is 0.308. The topological polar surface area (TPSA) is 38.1 Å². The number of oxazole rings is 1. The molecule has 1 heterocycles. The van der Waals surface area contributed by atoms with Crippen LogP contribution in [0, 0.1) is 0 Å². The van der Waals surface area contributed by atoms with Crippen LogP contribution in [0.2, 0.25) is 5.02 Å². The van der Waals surface area contributed by atoms with Gasteiger partial charge in [-0.15, -0.1) is 0 Å². The van der Waals surface area contributed by atoms with Crippen LogP contribution in [0.4, 0.5) is 0 Å². The van der Waals surface area contributed by atoms with Crippen molar-refractivity contribution in [3.63, 3.8) is 0 Å². The van der Waals surface area contributed by atoms with E-state index in [1.807, 2.05) is 18.2 Å². The number of rotatable bonds is 5. The third-order valence-electron chi connectivity index (χ3n) is 2.56. The number of nitrogens with one attached hydrogen (secondary N) is 1. The third-order valence-corrected chi connectivity index (χ3v) is 3.85. The monoisotopic (exact) mass is 328 g/mol. The fourth-order valence-corrected chi connectivity index (χ4v) is 2.25. The van der Waals surface area contributed by atoms with Gasteiger partial charge in [0.15, 0.2) is 12.2 Å². The Hall–Kier alpha value is -0.840. The van der Waals surface area contributed by atoms with Crippen molar-refractivity contribution in [2.45, 2.75) is 19.9 Å². The predicted molar refractivity (Wildman–Crippen MR) is 76.6 cm³/mol. The zero-order chi connectivity index (χ0) is 13.0. The molecule has 0 fully saturated rings. The molecule has 18 heavy (non-hydrogen) atoms. The van der Waals surface area contributed by atoms with Crippen LogP contribution in [0.25, 0.3) is 11.3 Å². The number of nitrogens with zero attached hydrogens (tertiary/aromatic N) is 1. The van der Waals surface area contributed by atoms with Gasteiger partial charge in [0.25, 0.3) is 0 Å². The first-order valence-corrected chi connectivity index (χ1v) is 6.98. The van der Waals surface area contributed by atoms with Crippen LogP contribution in [0.1, 0.15) is 19.0 Å². The van der Waals surface area contributed by atoms with Crippen molar-refractivity contribution < 1.29 is 4.42 Å². The molecule has 2 rings (SSSR count). The van der Waals surface area contributed by atoms with Gasteiger partial charge in [0.1, 0.15) is 5.69 Å². The molecule has 0 aliphatic carbocycles. The van der Waals surface area contributed by atoms with Gasteiger partial charge in [-0.1, -0.05) is 24.6 Å². The number of hydrogen-bond donors (Lipinski definition) is 1. The Morgan fingerprint density at radius 1 is 1.44 bits per heavy atom. The molecule has 1 aromatic heterocycles. The molecular formula is C13H14BrClN2O. The Balaban J connectivity index is 2.28. The van der Waals surface area contributed by atoms with Crippen LogP contribution in [0.15, 0.2) is 33.5 Å². The molecule has 5 heteroatoms. The van der Waals surface area contributed by atoms with E-state index < -0.39 is 0 Å². The SMILES string of the molecule is CCCNCc1ncoc1-c1cccc(Br)c1Cl. The lowest BCUT2D eigenvalue weighted by Gasteiger charge is -2.05. The molecule has 1 N–H and O–H groups in total. The van der Waals surface area contributed by atoms with Crippen molar-refractivity contribution in [3.8, 4) is 11.3 Å².